The molecular formula is C17H20N2O. The topological polar surface area (TPSA) is 32.3 Å². The first-order valence-corrected chi connectivity index (χ1v) is 7.13. The molecule has 2 fully saturated rings. The largest absolute Gasteiger partial charge is 0.336 e. The summed E-state index contributed by atoms with van der Waals surface area (Å²) >= 11 is 0. The van der Waals surface area contributed by atoms with Crippen LogP contribution in [-0.2, 0) is 0 Å². The number of hydrogen-bond donors (Lipinski definition) is 1. The maximum absolute atomic E-state index is 12.0. The summed E-state index contributed by atoms with van der Waals surface area (Å²) in [5.41, 5.74) is 2.29. The summed E-state index contributed by atoms with van der Waals surface area (Å²) in [6, 6.07) is 10.9. The van der Waals surface area contributed by atoms with Crippen molar-refractivity contribution in [1.82, 2.24) is 10.2 Å². The lowest BCUT2D eigenvalue weighted by Gasteiger charge is -2.41. The van der Waals surface area contributed by atoms with Crippen molar-refractivity contribution < 1.29 is 4.79 Å². The highest BCUT2D eigenvalue weighted by Crippen LogP contribution is 2.38. The molecule has 1 aromatic rings. The zero-order valence-electron chi connectivity index (χ0n) is 11.6. The predicted molar refractivity (Wildman–Crippen MR) is 80.6 cm³/mol. The van der Waals surface area contributed by atoms with Crippen LogP contribution in [0.15, 0.2) is 55.1 Å². The van der Waals surface area contributed by atoms with Crippen molar-refractivity contribution >= 4 is 6.03 Å². The minimum absolute atomic E-state index is 0.0366. The van der Waals surface area contributed by atoms with Crippen molar-refractivity contribution in [3.8, 4) is 0 Å². The number of nitrogens with zero attached hydrogens (tertiary/aromatic N) is 1. The van der Waals surface area contributed by atoms with Crippen LogP contribution in [-0.4, -0.2) is 29.6 Å². The lowest BCUT2D eigenvalue weighted by molar-refractivity contribution is 0.148. The molecule has 0 radical (unpaired) electrons. The van der Waals surface area contributed by atoms with Crippen molar-refractivity contribution in [3.05, 3.63) is 60.7 Å². The van der Waals surface area contributed by atoms with Crippen LogP contribution in [0.1, 0.15) is 24.3 Å². The first-order valence-electron chi connectivity index (χ1n) is 7.13. The van der Waals surface area contributed by atoms with Gasteiger partial charge in [-0.2, -0.15) is 0 Å². The molecular weight excluding hydrogens is 248 g/mol. The van der Waals surface area contributed by atoms with E-state index in [1.165, 1.54) is 5.56 Å². The number of benzene rings is 1. The molecule has 1 N–H and O–H groups in total. The van der Waals surface area contributed by atoms with Gasteiger partial charge in [0.25, 0.3) is 0 Å². The number of fused-ring (bicyclic) bond motifs is 1. The van der Waals surface area contributed by atoms with Gasteiger partial charge in [-0.05, 0) is 29.9 Å². The van der Waals surface area contributed by atoms with Crippen LogP contribution >= 0.6 is 0 Å². The van der Waals surface area contributed by atoms with Gasteiger partial charge in [-0.15, -0.1) is 0 Å². The molecule has 2 heterocycles. The van der Waals surface area contributed by atoms with E-state index in [1.807, 2.05) is 11.0 Å². The number of amides is 2. The summed E-state index contributed by atoms with van der Waals surface area (Å²) in [4.78, 5) is 14.0. The van der Waals surface area contributed by atoms with Crippen molar-refractivity contribution in [2.24, 2.45) is 0 Å². The average Bonchev–Trinajstić information content (AvgIpc) is 2.88. The Balaban J connectivity index is 1.89. The number of carbonyl (C=O) groups is 1. The van der Waals surface area contributed by atoms with E-state index in [4.69, 9.17) is 0 Å². The average molecular weight is 268 g/mol. The number of piperidine rings is 1. The van der Waals surface area contributed by atoms with E-state index >= 15 is 0 Å². The molecule has 0 spiro atoms. The Labute approximate surface area is 120 Å². The zero-order chi connectivity index (χ0) is 14.1. The normalized spacial score (nSPS) is 28.7. The van der Waals surface area contributed by atoms with Gasteiger partial charge < -0.3 is 10.2 Å². The Bertz CT molecular complexity index is 537. The standard InChI is InChI=1S/C17H20N2O/c1-3-12(2)16-10-14(13-7-5-4-6-8-13)9-15-11-18-17(20)19(15)16/h3-8,14-16H,1-2,9-11H2,(H,18,20). The minimum Gasteiger partial charge on any atom is -0.336 e. The lowest BCUT2D eigenvalue weighted by atomic mass is 9.80. The van der Waals surface area contributed by atoms with Crippen LogP contribution in [0, 0.1) is 0 Å². The van der Waals surface area contributed by atoms with E-state index in [0.717, 1.165) is 25.0 Å². The van der Waals surface area contributed by atoms with E-state index < -0.39 is 0 Å². The fraction of sp³-hybridized carbons (Fsp3) is 0.353. The number of rotatable bonds is 3. The van der Waals surface area contributed by atoms with Gasteiger partial charge in [0, 0.05) is 6.54 Å². The third-order valence-electron chi connectivity index (χ3n) is 4.48. The molecule has 2 amide bonds. The van der Waals surface area contributed by atoms with E-state index in [1.54, 1.807) is 6.08 Å². The molecule has 2 aliphatic rings. The van der Waals surface area contributed by atoms with Crippen LogP contribution in [0.25, 0.3) is 0 Å². The second-order valence-corrected chi connectivity index (χ2v) is 5.62. The highest BCUT2D eigenvalue weighted by molar-refractivity contribution is 5.78. The van der Waals surface area contributed by atoms with E-state index in [0.29, 0.717) is 5.92 Å². The van der Waals surface area contributed by atoms with Crippen LogP contribution in [0.3, 0.4) is 0 Å². The van der Waals surface area contributed by atoms with Crippen molar-refractivity contribution in [2.45, 2.75) is 30.8 Å². The van der Waals surface area contributed by atoms with Gasteiger partial charge in [-0.3, -0.25) is 0 Å². The Morgan fingerprint density at radius 1 is 1.30 bits per heavy atom. The highest BCUT2D eigenvalue weighted by Gasteiger charge is 2.43. The molecule has 3 nitrogen and oxygen atoms in total. The Morgan fingerprint density at radius 3 is 2.75 bits per heavy atom. The van der Waals surface area contributed by atoms with Crippen LogP contribution in [0.4, 0.5) is 4.79 Å². The van der Waals surface area contributed by atoms with Gasteiger partial charge in [-0.25, -0.2) is 4.79 Å². The highest BCUT2D eigenvalue weighted by atomic mass is 16.2. The predicted octanol–water partition coefficient (Wildman–Crippen LogP) is 3.07. The van der Waals surface area contributed by atoms with E-state index in [-0.39, 0.29) is 18.1 Å². The van der Waals surface area contributed by atoms with Gasteiger partial charge >= 0.3 is 6.03 Å². The van der Waals surface area contributed by atoms with Gasteiger partial charge in [0.15, 0.2) is 0 Å². The summed E-state index contributed by atoms with van der Waals surface area (Å²) in [7, 11) is 0. The molecule has 104 valence electrons. The van der Waals surface area contributed by atoms with Crippen molar-refractivity contribution in [2.75, 3.05) is 6.54 Å². The number of nitrogens with one attached hydrogen (secondary N) is 1. The summed E-state index contributed by atoms with van der Waals surface area (Å²) in [5, 5.41) is 2.95. The smallest absolute Gasteiger partial charge is 0.318 e. The van der Waals surface area contributed by atoms with Crippen molar-refractivity contribution in [1.29, 1.82) is 0 Å². The summed E-state index contributed by atoms with van der Waals surface area (Å²) < 4.78 is 0. The Hall–Kier alpha value is -2.03. The molecule has 3 heteroatoms. The third-order valence-corrected chi connectivity index (χ3v) is 4.48. The monoisotopic (exact) mass is 268 g/mol. The molecule has 0 aromatic heterocycles. The zero-order valence-corrected chi connectivity index (χ0v) is 11.6. The van der Waals surface area contributed by atoms with Crippen molar-refractivity contribution in [3.63, 3.8) is 0 Å². The van der Waals surface area contributed by atoms with Crippen LogP contribution in [0.2, 0.25) is 0 Å². The van der Waals surface area contributed by atoms with E-state index in [2.05, 4.69) is 42.7 Å². The van der Waals surface area contributed by atoms with E-state index in [9.17, 15) is 4.79 Å². The number of hydrogen-bond acceptors (Lipinski definition) is 1. The molecule has 2 aliphatic heterocycles. The second kappa shape index (κ2) is 5.16. The fourth-order valence-electron chi connectivity index (χ4n) is 3.42. The third kappa shape index (κ3) is 2.13. The first-order chi connectivity index (χ1) is 9.70. The molecule has 3 unspecified atom stereocenters. The SMILES string of the molecule is C=CC(=C)C1CC(c2ccccc2)CC2CNC(=O)N21. The minimum atomic E-state index is 0.0366. The molecule has 0 saturated carbocycles. The van der Waals surface area contributed by atoms with Gasteiger partial charge in [0.05, 0.1) is 12.1 Å². The molecule has 0 bridgehead atoms. The van der Waals surface area contributed by atoms with Gasteiger partial charge in [-0.1, -0.05) is 49.6 Å². The summed E-state index contributed by atoms with van der Waals surface area (Å²) in [5.74, 6) is 0.479. The quantitative estimate of drug-likeness (QED) is 0.840. The molecule has 0 aliphatic carbocycles. The van der Waals surface area contributed by atoms with Crippen LogP contribution < -0.4 is 5.32 Å². The van der Waals surface area contributed by atoms with Gasteiger partial charge in [0.2, 0.25) is 0 Å². The Kier molecular flexibility index (Phi) is 3.35. The molecule has 3 atom stereocenters. The molecule has 20 heavy (non-hydrogen) atoms. The summed E-state index contributed by atoms with van der Waals surface area (Å²) in [6.45, 7) is 8.63. The number of carbonyl (C=O) groups excluding carboxylic acids is 1. The number of urea groups is 1. The lowest BCUT2D eigenvalue weighted by Crippen LogP contribution is -2.48. The molecule has 2 saturated heterocycles. The summed E-state index contributed by atoms with van der Waals surface area (Å²) in [6.07, 6.45) is 3.73. The van der Waals surface area contributed by atoms with Crippen LogP contribution in [0.5, 0.6) is 0 Å². The fourth-order valence-corrected chi connectivity index (χ4v) is 3.42. The van der Waals surface area contributed by atoms with Gasteiger partial charge in [0.1, 0.15) is 0 Å². The maximum atomic E-state index is 12.0. The molecule has 1 aromatic carbocycles. The second-order valence-electron chi connectivity index (χ2n) is 5.62. The maximum Gasteiger partial charge on any atom is 0.318 e. The Morgan fingerprint density at radius 2 is 2.05 bits per heavy atom. The first kappa shape index (κ1) is 13.0. The molecule has 3 rings (SSSR count).